The number of hydrogen-bond acceptors (Lipinski definition) is 3. The van der Waals surface area contributed by atoms with Crippen LogP contribution in [-0.4, -0.2) is 16.1 Å². The van der Waals surface area contributed by atoms with Crippen molar-refractivity contribution in [3.8, 4) is 11.1 Å². The number of benzene rings is 1. The Labute approximate surface area is 107 Å². The smallest absolute Gasteiger partial charge is 0.335 e. The Kier molecular flexibility index (Phi) is 2.57. The van der Waals surface area contributed by atoms with E-state index in [4.69, 9.17) is 5.11 Å². The lowest BCUT2D eigenvalue weighted by Gasteiger charge is -2.00. The van der Waals surface area contributed by atoms with Crippen LogP contribution in [-0.2, 0) is 0 Å². The molecule has 0 aliphatic carbocycles. The van der Waals surface area contributed by atoms with Crippen molar-refractivity contribution >= 4 is 27.4 Å². The lowest BCUT2D eigenvalue weighted by Crippen LogP contribution is -1.94. The lowest BCUT2D eigenvalue weighted by molar-refractivity contribution is 0.0697. The summed E-state index contributed by atoms with van der Waals surface area (Å²) in [4.78, 5) is 15.1. The van der Waals surface area contributed by atoms with Gasteiger partial charge < -0.3 is 5.11 Å². The second-order valence-corrected chi connectivity index (χ2v) is 4.82. The Bertz CT molecular complexity index is 719. The number of pyridine rings is 1. The Balaban J connectivity index is 2.24. The van der Waals surface area contributed by atoms with Gasteiger partial charge in [-0.25, -0.2) is 4.79 Å². The normalized spacial score (nSPS) is 10.7. The number of fused-ring (bicyclic) bond motifs is 1. The molecule has 0 saturated carbocycles. The first kappa shape index (κ1) is 10.9. The predicted octanol–water partition coefficient (Wildman–Crippen LogP) is 3.66. The Morgan fingerprint density at radius 3 is 2.89 bits per heavy atom. The van der Waals surface area contributed by atoms with E-state index in [0.717, 1.165) is 21.2 Å². The number of carbonyl (C=O) groups is 1. The summed E-state index contributed by atoms with van der Waals surface area (Å²) in [7, 11) is 0. The molecule has 1 aromatic carbocycles. The van der Waals surface area contributed by atoms with E-state index >= 15 is 0 Å². The zero-order valence-electron chi connectivity index (χ0n) is 9.33. The van der Waals surface area contributed by atoms with Crippen molar-refractivity contribution in [2.75, 3.05) is 0 Å². The first-order valence-corrected chi connectivity index (χ1v) is 6.28. The summed E-state index contributed by atoms with van der Waals surface area (Å²) >= 11 is 1.61. The fourth-order valence-electron chi connectivity index (χ4n) is 1.91. The van der Waals surface area contributed by atoms with Gasteiger partial charge in [0.05, 0.1) is 5.56 Å². The highest BCUT2D eigenvalue weighted by molar-refractivity contribution is 7.17. The van der Waals surface area contributed by atoms with Gasteiger partial charge in [-0.15, -0.1) is 11.3 Å². The van der Waals surface area contributed by atoms with Crippen molar-refractivity contribution in [2.45, 2.75) is 0 Å². The largest absolute Gasteiger partial charge is 0.478 e. The summed E-state index contributed by atoms with van der Waals surface area (Å²) in [5.74, 6) is -0.903. The fraction of sp³-hybridized carbons (Fsp3) is 0. The number of aromatic carboxylic acids is 1. The van der Waals surface area contributed by atoms with Gasteiger partial charge in [0, 0.05) is 33.6 Å². The first-order chi connectivity index (χ1) is 8.75. The van der Waals surface area contributed by atoms with Gasteiger partial charge in [0.15, 0.2) is 0 Å². The molecule has 0 spiro atoms. The molecule has 1 N–H and O–H groups in total. The molecule has 2 aromatic heterocycles. The monoisotopic (exact) mass is 255 g/mol. The third-order valence-electron chi connectivity index (χ3n) is 2.79. The van der Waals surface area contributed by atoms with Crippen LogP contribution in [0.25, 0.3) is 21.2 Å². The lowest BCUT2D eigenvalue weighted by atomic mass is 10.0. The van der Waals surface area contributed by atoms with Gasteiger partial charge >= 0.3 is 5.97 Å². The Hall–Kier alpha value is -2.20. The molecule has 0 aliphatic heterocycles. The molecule has 0 amide bonds. The number of thiophene rings is 1. The highest BCUT2D eigenvalue weighted by Crippen LogP contribution is 2.34. The first-order valence-electron chi connectivity index (χ1n) is 5.40. The summed E-state index contributed by atoms with van der Waals surface area (Å²) in [6.45, 7) is 0. The molecule has 0 fully saturated rings. The van der Waals surface area contributed by atoms with E-state index in [1.807, 2.05) is 23.6 Å². The van der Waals surface area contributed by atoms with Crippen LogP contribution in [0.15, 0.2) is 48.1 Å². The van der Waals surface area contributed by atoms with Crippen LogP contribution in [0.2, 0.25) is 0 Å². The van der Waals surface area contributed by atoms with Crippen molar-refractivity contribution in [1.29, 1.82) is 0 Å². The second-order valence-electron chi connectivity index (χ2n) is 3.91. The molecule has 88 valence electrons. The molecule has 2 heterocycles. The minimum Gasteiger partial charge on any atom is -0.478 e. The van der Waals surface area contributed by atoms with Crippen LogP contribution in [0, 0.1) is 0 Å². The summed E-state index contributed by atoms with van der Waals surface area (Å²) in [5, 5.41) is 12.0. The molecule has 18 heavy (non-hydrogen) atoms. The van der Waals surface area contributed by atoms with Crippen molar-refractivity contribution in [3.63, 3.8) is 0 Å². The second kappa shape index (κ2) is 4.23. The maximum atomic E-state index is 11.0. The predicted molar refractivity (Wildman–Crippen MR) is 72.0 cm³/mol. The zero-order valence-corrected chi connectivity index (χ0v) is 10.1. The van der Waals surface area contributed by atoms with Crippen molar-refractivity contribution < 1.29 is 9.90 Å². The minimum absolute atomic E-state index is 0.311. The van der Waals surface area contributed by atoms with Crippen molar-refractivity contribution in [2.24, 2.45) is 0 Å². The summed E-state index contributed by atoms with van der Waals surface area (Å²) in [5.41, 5.74) is 2.35. The van der Waals surface area contributed by atoms with Crippen LogP contribution in [0.5, 0.6) is 0 Å². The molecule has 0 bridgehead atoms. The highest BCUT2D eigenvalue weighted by Gasteiger charge is 2.09. The number of carboxylic acid groups (broad SMARTS) is 1. The molecule has 0 unspecified atom stereocenters. The van der Waals surface area contributed by atoms with Crippen LogP contribution in [0.3, 0.4) is 0 Å². The summed E-state index contributed by atoms with van der Waals surface area (Å²) in [6, 6.07) is 9.05. The van der Waals surface area contributed by atoms with E-state index in [9.17, 15) is 4.79 Å². The van der Waals surface area contributed by atoms with Gasteiger partial charge in [-0.3, -0.25) is 4.98 Å². The quantitative estimate of drug-likeness (QED) is 0.760. The van der Waals surface area contributed by atoms with E-state index in [2.05, 4.69) is 4.98 Å². The number of aromatic nitrogens is 1. The molecule has 0 atom stereocenters. The molecular weight excluding hydrogens is 246 g/mol. The molecule has 0 aliphatic rings. The van der Waals surface area contributed by atoms with E-state index in [1.165, 1.54) is 0 Å². The standard InChI is InChI=1S/C14H9NO2S/c16-14(17)9-3-4-13-11(6-9)12(8-18-13)10-2-1-5-15-7-10/h1-8H,(H,16,17). The molecule has 3 nitrogen and oxygen atoms in total. The van der Waals surface area contributed by atoms with E-state index < -0.39 is 5.97 Å². The van der Waals surface area contributed by atoms with Gasteiger partial charge in [-0.2, -0.15) is 0 Å². The van der Waals surface area contributed by atoms with Crippen LogP contribution in [0.4, 0.5) is 0 Å². The third kappa shape index (κ3) is 1.76. The Morgan fingerprint density at radius 2 is 2.17 bits per heavy atom. The van der Waals surface area contributed by atoms with E-state index in [0.29, 0.717) is 5.56 Å². The van der Waals surface area contributed by atoms with Crippen molar-refractivity contribution in [1.82, 2.24) is 4.98 Å². The van der Waals surface area contributed by atoms with Gasteiger partial charge in [-0.05, 0) is 29.6 Å². The average Bonchev–Trinajstić information content (AvgIpc) is 2.82. The Morgan fingerprint density at radius 1 is 1.28 bits per heavy atom. The SMILES string of the molecule is O=C(O)c1ccc2scc(-c3cccnc3)c2c1. The maximum absolute atomic E-state index is 11.0. The molecule has 0 saturated heterocycles. The molecule has 0 radical (unpaired) electrons. The zero-order chi connectivity index (χ0) is 12.5. The van der Waals surface area contributed by atoms with E-state index in [1.54, 1.807) is 35.9 Å². The number of rotatable bonds is 2. The van der Waals surface area contributed by atoms with Gasteiger partial charge in [0.2, 0.25) is 0 Å². The van der Waals surface area contributed by atoms with Gasteiger partial charge in [0.1, 0.15) is 0 Å². The average molecular weight is 255 g/mol. The number of carboxylic acids is 1. The molecule has 3 rings (SSSR count). The van der Waals surface area contributed by atoms with Gasteiger partial charge in [0.25, 0.3) is 0 Å². The summed E-state index contributed by atoms with van der Waals surface area (Å²) < 4.78 is 1.08. The van der Waals surface area contributed by atoms with E-state index in [-0.39, 0.29) is 0 Å². The maximum Gasteiger partial charge on any atom is 0.335 e. The molecular formula is C14H9NO2S. The van der Waals surface area contributed by atoms with Gasteiger partial charge in [-0.1, -0.05) is 6.07 Å². The number of hydrogen-bond donors (Lipinski definition) is 1. The van der Waals surface area contributed by atoms with Crippen molar-refractivity contribution in [3.05, 3.63) is 53.7 Å². The topological polar surface area (TPSA) is 50.2 Å². The van der Waals surface area contributed by atoms with Crippen LogP contribution in [0.1, 0.15) is 10.4 Å². The highest BCUT2D eigenvalue weighted by atomic mass is 32.1. The third-order valence-corrected chi connectivity index (χ3v) is 3.76. The van der Waals surface area contributed by atoms with Crippen LogP contribution < -0.4 is 0 Å². The molecule has 4 heteroatoms. The number of nitrogens with zero attached hydrogens (tertiary/aromatic N) is 1. The fourth-order valence-corrected chi connectivity index (χ4v) is 2.86. The minimum atomic E-state index is -0.903. The van der Waals surface area contributed by atoms with Crippen LogP contribution >= 0.6 is 11.3 Å². The molecule has 3 aromatic rings. The summed E-state index contributed by atoms with van der Waals surface area (Å²) in [6.07, 6.45) is 3.51.